The van der Waals surface area contributed by atoms with Gasteiger partial charge in [-0.25, -0.2) is 4.79 Å². The number of unbranched alkanes of at least 4 members (excludes halogenated alkanes) is 7. The monoisotopic (exact) mass is 262 g/mol. The zero-order chi connectivity index (χ0) is 14.1. The molecule has 0 aromatic rings. The topological polar surface area (TPSA) is 98.6 Å². The highest BCUT2D eigenvalue weighted by atomic mass is 16.5. The van der Waals surface area contributed by atoms with Crippen LogP contribution in [0.4, 0.5) is 4.79 Å². The lowest BCUT2D eigenvalue weighted by Crippen LogP contribution is -2.08. The third-order valence-electron chi connectivity index (χ3n) is 2.40. The standard InChI is InChI=1S/C12H27NO.CH3NO2/c1-2-3-4-5-6-7-8-9-11-14-12-10-13;2-1(3)4/h2-13H2,1H3;2H2,(H,3,4). The minimum atomic E-state index is -1.33. The maximum absolute atomic E-state index is 8.78. The third-order valence-corrected chi connectivity index (χ3v) is 2.40. The van der Waals surface area contributed by atoms with Gasteiger partial charge >= 0.3 is 6.09 Å². The van der Waals surface area contributed by atoms with Crippen LogP contribution in [0.15, 0.2) is 0 Å². The SMILES string of the molecule is CCCCCCCCCCOCCN.NC(=O)O. The lowest BCUT2D eigenvalue weighted by Gasteiger charge is -2.02. The maximum atomic E-state index is 8.78. The third kappa shape index (κ3) is 29.5. The predicted molar refractivity (Wildman–Crippen MR) is 74.7 cm³/mol. The minimum absolute atomic E-state index is 0.650. The molecule has 0 saturated carbocycles. The summed E-state index contributed by atoms with van der Waals surface area (Å²) in [6.07, 6.45) is 9.53. The molecule has 5 N–H and O–H groups in total. The van der Waals surface area contributed by atoms with Crippen LogP contribution in [0.5, 0.6) is 0 Å². The molecule has 0 aliphatic rings. The number of hydrogen-bond donors (Lipinski definition) is 3. The van der Waals surface area contributed by atoms with Crippen LogP contribution in [0.2, 0.25) is 0 Å². The molecular formula is C13H30N2O3. The number of rotatable bonds is 11. The molecule has 0 unspecified atom stereocenters. The Bertz CT molecular complexity index is 150. The fourth-order valence-corrected chi connectivity index (χ4v) is 1.52. The van der Waals surface area contributed by atoms with E-state index in [1.807, 2.05) is 0 Å². The molecule has 0 spiro atoms. The number of primary amides is 1. The summed E-state index contributed by atoms with van der Waals surface area (Å²) >= 11 is 0. The number of hydrogen-bond acceptors (Lipinski definition) is 3. The summed E-state index contributed by atoms with van der Waals surface area (Å²) in [5.41, 5.74) is 9.34. The van der Waals surface area contributed by atoms with Gasteiger partial charge in [0.1, 0.15) is 0 Å². The second-order valence-electron chi connectivity index (χ2n) is 4.21. The number of carbonyl (C=O) groups is 1. The Morgan fingerprint density at radius 1 is 1.00 bits per heavy atom. The minimum Gasteiger partial charge on any atom is -0.465 e. The van der Waals surface area contributed by atoms with E-state index in [0.717, 1.165) is 13.2 Å². The fraction of sp³-hybridized carbons (Fsp3) is 0.923. The summed E-state index contributed by atoms with van der Waals surface area (Å²) in [6.45, 7) is 4.52. The Balaban J connectivity index is 0. The number of amides is 1. The van der Waals surface area contributed by atoms with Crippen molar-refractivity contribution in [2.75, 3.05) is 19.8 Å². The van der Waals surface area contributed by atoms with Crippen molar-refractivity contribution >= 4 is 6.09 Å². The summed E-state index contributed by atoms with van der Waals surface area (Å²) in [5, 5.41) is 7.19. The summed E-state index contributed by atoms with van der Waals surface area (Å²) in [7, 11) is 0. The van der Waals surface area contributed by atoms with E-state index in [1.165, 1.54) is 51.4 Å². The summed E-state index contributed by atoms with van der Waals surface area (Å²) < 4.78 is 5.30. The van der Waals surface area contributed by atoms with Crippen LogP contribution in [0.3, 0.4) is 0 Å². The van der Waals surface area contributed by atoms with Crippen LogP contribution < -0.4 is 11.5 Å². The first-order chi connectivity index (χ1) is 8.65. The van der Waals surface area contributed by atoms with Gasteiger partial charge in [0.15, 0.2) is 0 Å². The zero-order valence-electron chi connectivity index (χ0n) is 11.7. The van der Waals surface area contributed by atoms with E-state index in [-0.39, 0.29) is 0 Å². The quantitative estimate of drug-likeness (QED) is 0.498. The molecule has 0 saturated heterocycles. The fourth-order valence-electron chi connectivity index (χ4n) is 1.52. The average molecular weight is 262 g/mol. The molecule has 0 rings (SSSR count). The molecule has 0 heterocycles. The molecule has 18 heavy (non-hydrogen) atoms. The van der Waals surface area contributed by atoms with E-state index in [9.17, 15) is 0 Å². The lowest BCUT2D eigenvalue weighted by molar-refractivity contribution is 0.137. The van der Waals surface area contributed by atoms with Crippen LogP contribution in [0.25, 0.3) is 0 Å². The van der Waals surface area contributed by atoms with Crippen LogP contribution in [-0.2, 0) is 4.74 Å². The van der Waals surface area contributed by atoms with Gasteiger partial charge in [-0.2, -0.15) is 0 Å². The molecule has 0 aliphatic carbocycles. The first-order valence-corrected chi connectivity index (χ1v) is 6.91. The van der Waals surface area contributed by atoms with Crippen molar-refractivity contribution in [3.63, 3.8) is 0 Å². The van der Waals surface area contributed by atoms with Crippen molar-refractivity contribution < 1.29 is 14.6 Å². The average Bonchev–Trinajstić information content (AvgIpc) is 2.31. The molecule has 110 valence electrons. The van der Waals surface area contributed by atoms with Crippen molar-refractivity contribution in [3.05, 3.63) is 0 Å². The van der Waals surface area contributed by atoms with E-state index in [2.05, 4.69) is 12.7 Å². The number of nitrogens with two attached hydrogens (primary N) is 2. The van der Waals surface area contributed by atoms with Gasteiger partial charge in [0, 0.05) is 13.2 Å². The van der Waals surface area contributed by atoms with Gasteiger partial charge in [0.2, 0.25) is 0 Å². The Hall–Kier alpha value is -0.810. The Labute approximate surface area is 111 Å². The first kappa shape index (κ1) is 19.5. The zero-order valence-corrected chi connectivity index (χ0v) is 11.7. The van der Waals surface area contributed by atoms with E-state index < -0.39 is 6.09 Å². The normalized spacial score (nSPS) is 9.67. The molecular weight excluding hydrogens is 232 g/mol. The summed E-state index contributed by atoms with van der Waals surface area (Å²) in [5.74, 6) is 0. The van der Waals surface area contributed by atoms with Crippen LogP contribution in [0, 0.1) is 0 Å². The van der Waals surface area contributed by atoms with Gasteiger partial charge in [0.25, 0.3) is 0 Å². The molecule has 0 aromatic heterocycles. The van der Waals surface area contributed by atoms with Crippen molar-refractivity contribution in [2.24, 2.45) is 11.5 Å². The smallest absolute Gasteiger partial charge is 0.402 e. The maximum Gasteiger partial charge on any atom is 0.402 e. The van der Waals surface area contributed by atoms with Crippen LogP contribution in [-0.4, -0.2) is 31.0 Å². The molecule has 1 amide bonds. The van der Waals surface area contributed by atoms with E-state index in [4.69, 9.17) is 20.4 Å². The van der Waals surface area contributed by atoms with Crippen molar-refractivity contribution in [3.8, 4) is 0 Å². The van der Waals surface area contributed by atoms with Gasteiger partial charge in [-0.1, -0.05) is 51.9 Å². The molecule has 0 aliphatic heterocycles. The van der Waals surface area contributed by atoms with E-state index >= 15 is 0 Å². The lowest BCUT2D eigenvalue weighted by atomic mass is 10.1. The Morgan fingerprint density at radius 2 is 1.44 bits per heavy atom. The van der Waals surface area contributed by atoms with Gasteiger partial charge in [-0.15, -0.1) is 0 Å². The highest BCUT2D eigenvalue weighted by Crippen LogP contribution is 2.08. The molecule has 0 radical (unpaired) electrons. The molecule has 0 fully saturated rings. The molecule has 0 bridgehead atoms. The largest absolute Gasteiger partial charge is 0.465 e. The number of carboxylic acid groups (broad SMARTS) is 1. The number of ether oxygens (including phenoxy) is 1. The van der Waals surface area contributed by atoms with Crippen molar-refractivity contribution in [1.29, 1.82) is 0 Å². The van der Waals surface area contributed by atoms with Crippen molar-refractivity contribution in [1.82, 2.24) is 0 Å². The van der Waals surface area contributed by atoms with Crippen LogP contribution in [0.1, 0.15) is 58.3 Å². The summed E-state index contributed by atoms with van der Waals surface area (Å²) in [6, 6.07) is 0. The van der Waals surface area contributed by atoms with Gasteiger partial charge < -0.3 is 21.3 Å². The Morgan fingerprint density at radius 3 is 1.89 bits per heavy atom. The van der Waals surface area contributed by atoms with Crippen molar-refractivity contribution in [2.45, 2.75) is 58.3 Å². The van der Waals surface area contributed by atoms with Gasteiger partial charge in [-0.05, 0) is 6.42 Å². The summed E-state index contributed by atoms with van der Waals surface area (Å²) in [4.78, 5) is 8.78. The Kier molecular flexibility index (Phi) is 20.1. The van der Waals surface area contributed by atoms with Gasteiger partial charge in [0.05, 0.1) is 6.61 Å². The first-order valence-electron chi connectivity index (χ1n) is 6.91. The molecule has 0 aromatic carbocycles. The van der Waals surface area contributed by atoms with E-state index in [1.54, 1.807) is 0 Å². The predicted octanol–water partition coefficient (Wildman–Crippen LogP) is 2.73. The van der Waals surface area contributed by atoms with Crippen LogP contribution >= 0.6 is 0 Å². The molecule has 5 nitrogen and oxygen atoms in total. The highest BCUT2D eigenvalue weighted by Gasteiger charge is 1.91. The van der Waals surface area contributed by atoms with E-state index in [0.29, 0.717) is 6.54 Å². The van der Waals surface area contributed by atoms with Gasteiger partial charge in [-0.3, -0.25) is 0 Å². The second-order valence-corrected chi connectivity index (χ2v) is 4.21. The molecule has 5 heteroatoms. The second kappa shape index (κ2) is 18.6. The highest BCUT2D eigenvalue weighted by molar-refractivity contribution is 5.61. The molecule has 0 atom stereocenters.